The van der Waals surface area contributed by atoms with Crippen molar-refractivity contribution in [1.82, 2.24) is 4.98 Å². The van der Waals surface area contributed by atoms with Gasteiger partial charge in [0, 0.05) is 16.5 Å². The molecule has 0 saturated heterocycles. The molecule has 0 fully saturated rings. The molecule has 2 N–H and O–H groups in total. The number of anilines is 1. The minimum absolute atomic E-state index is 0.632. The zero-order valence-electron chi connectivity index (χ0n) is 8.85. The number of pyridine rings is 1. The van der Waals surface area contributed by atoms with Gasteiger partial charge in [0.1, 0.15) is 11.3 Å². The van der Waals surface area contributed by atoms with Crippen molar-refractivity contribution < 1.29 is 4.42 Å². The van der Waals surface area contributed by atoms with Gasteiger partial charge in [-0.25, -0.2) is 0 Å². The Labute approximate surface area is 103 Å². The van der Waals surface area contributed by atoms with E-state index in [4.69, 9.17) is 21.8 Å². The predicted octanol–water partition coefficient (Wildman–Crippen LogP) is 3.73. The number of hydrogen-bond donors (Lipinski definition) is 1. The molecule has 0 unspecified atom stereocenters. The van der Waals surface area contributed by atoms with Gasteiger partial charge in [0.25, 0.3) is 0 Å². The van der Waals surface area contributed by atoms with E-state index in [0.717, 1.165) is 16.7 Å². The molecule has 0 radical (unpaired) electrons. The third-order valence-electron chi connectivity index (χ3n) is 2.52. The van der Waals surface area contributed by atoms with Crippen LogP contribution in [-0.4, -0.2) is 4.98 Å². The second-order valence-corrected chi connectivity index (χ2v) is 4.21. The first-order valence-electron chi connectivity index (χ1n) is 5.13. The van der Waals surface area contributed by atoms with Gasteiger partial charge in [-0.3, -0.25) is 4.98 Å². The topological polar surface area (TPSA) is 52.0 Å². The van der Waals surface area contributed by atoms with Crippen LogP contribution in [0.1, 0.15) is 0 Å². The first kappa shape index (κ1) is 10.2. The normalized spacial score (nSPS) is 10.9. The lowest BCUT2D eigenvalue weighted by Crippen LogP contribution is -1.86. The van der Waals surface area contributed by atoms with Gasteiger partial charge >= 0.3 is 0 Å². The monoisotopic (exact) mass is 244 g/mol. The van der Waals surface area contributed by atoms with Crippen molar-refractivity contribution in [3.8, 4) is 11.5 Å². The lowest BCUT2D eigenvalue weighted by Gasteiger charge is -1.95. The zero-order chi connectivity index (χ0) is 11.8. The summed E-state index contributed by atoms with van der Waals surface area (Å²) in [4.78, 5) is 4.21. The summed E-state index contributed by atoms with van der Waals surface area (Å²) in [5.41, 5.74) is 7.73. The Morgan fingerprint density at radius 1 is 1.12 bits per heavy atom. The molecule has 0 amide bonds. The number of nitrogen functional groups attached to an aromatic ring is 1. The molecular formula is C13H9ClN2O. The maximum atomic E-state index is 5.90. The molecular weight excluding hydrogens is 236 g/mol. The second kappa shape index (κ2) is 3.79. The van der Waals surface area contributed by atoms with E-state index in [9.17, 15) is 0 Å². The molecule has 2 aromatic heterocycles. The molecule has 84 valence electrons. The number of benzene rings is 1. The molecule has 0 saturated carbocycles. The van der Waals surface area contributed by atoms with E-state index < -0.39 is 0 Å². The third-order valence-corrected chi connectivity index (χ3v) is 2.76. The quantitative estimate of drug-likeness (QED) is 0.710. The van der Waals surface area contributed by atoms with Crippen LogP contribution >= 0.6 is 11.6 Å². The number of halogens is 1. The number of nitrogens with zero attached hydrogens (tertiary/aromatic N) is 1. The van der Waals surface area contributed by atoms with E-state index in [1.807, 2.05) is 24.3 Å². The van der Waals surface area contributed by atoms with Gasteiger partial charge in [-0.1, -0.05) is 11.6 Å². The predicted molar refractivity (Wildman–Crippen MR) is 68.9 cm³/mol. The van der Waals surface area contributed by atoms with Crippen LogP contribution in [0, 0.1) is 0 Å². The summed E-state index contributed by atoms with van der Waals surface area (Å²) in [5, 5.41) is 1.66. The molecule has 0 aliphatic heterocycles. The van der Waals surface area contributed by atoms with E-state index in [2.05, 4.69) is 4.98 Å². The molecule has 0 aliphatic carbocycles. The first-order chi connectivity index (χ1) is 8.22. The van der Waals surface area contributed by atoms with Gasteiger partial charge in [-0.2, -0.15) is 0 Å². The van der Waals surface area contributed by atoms with Gasteiger partial charge in [-0.15, -0.1) is 0 Å². The number of hydrogen-bond acceptors (Lipinski definition) is 3. The smallest absolute Gasteiger partial charge is 0.153 e. The average molecular weight is 245 g/mol. The Balaban J connectivity index is 2.14. The van der Waals surface area contributed by atoms with Gasteiger partial charge in [-0.05, 0) is 30.3 Å². The van der Waals surface area contributed by atoms with E-state index in [1.165, 1.54) is 0 Å². The summed E-state index contributed by atoms with van der Waals surface area (Å²) < 4.78 is 5.69. The fraction of sp³-hybridized carbons (Fsp3) is 0. The van der Waals surface area contributed by atoms with Crippen LogP contribution in [0.5, 0.6) is 0 Å². The van der Waals surface area contributed by atoms with Crippen molar-refractivity contribution in [3.63, 3.8) is 0 Å². The van der Waals surface area contributed by atoms with Crippen LogP contribution in [-0.2, 0) is 0 Å². The number of furan rings is 1. The lowest BCUT2D eigenvalue weighted by atomic mass is 10.2. The Kier molecular flexibility index (Phi) is 2.27. The highest BCUT2D eigenvalue weighted by atomic mass is 35.5. The lowest BCUT2D eigenvalue weighted by molar-refractivity contribution is 0.629. The molecule has 0 aliphatic rings. The highest BCUT2D eigenvalue weighted by Crippen LogP contribution is 2.28. The maximum absolute atomic E-state index is 5.90. The summed E-state index contributed by atoms with van der Waals surface area (Å²) in [5.74, 6) is 0.710. The van der Waals surface area contributed by atoms with Crippen molar-refractivity contribution in [2.24, 2.45) is 0 Å². The largest absolute Gasteiger partial charge is 0.454 e. The maximum Gasteiger partial charge on any atom is 0.153 e. The van der Waals surface area contributed by atoms with Crippen LogP contribution < -0.4 is 5.73 Å². The molecule has 3 rings (SSSR count). The summed E-state index contributed by atoms with van der Waals surface area (Å²) in [6, 6.07) is 11.1. The van der Waals surface area contributed by atoms with E-state index in [-0.39, 0.29) is 0 Å². The summed E-state index contributed by atoms with van der Waals surface area (Å²) in [6.07, 6.45) is 1.61. The number of nitrogens with two attached hydrogens (primary N) is 1. The summed E-state index contributed by atoms with van der Waals surface area (Å²) in [6.45, 7) is 0. The van der Waals surface area contributed by atoms with Gasteiger partial charge in [0.15, 0.2) is 5.76 Å². The van der Waals surface area contributed by atoms with Crippen molar-refractivity contribution in [1.29, 1.82) is 0 Å². The third kappa shape index (κ3) is 1.85. The standard InChI is InChI=1S/C13H9ClN2O/c14-9-2-1-8-5-13(17-12(8)6-9)11-4-3-10(15)7-16-11/h1-7H,15H2. The molecule has 3 aromatic rings. The molecule has 1 aromatic carbocycles. The van der Waals surface area contributed by atoms with Gasteiger partial charge < -0.3 is 10.2 Å². The SMILES string of the molecule is Nc1ccc(-c2cc3ccc(Cl)cc3o2)nc1. The molecule has 0 atom stereocenters. The molecule has 3 nitrogen and oxygen atoms in total. The van der Waals surface area contributed by atoms with E-state index in [0.29, 0.717) is 16.5 Å². The van der Waals surface area contributed by atoms with Gasteiger partial charge in [0.05, 0.1) is 11.9 Å². The molecule has 17 heavy (non-hydrogen) atoms. The van der Waals surface area contributed by atoms with Crippen LogP contribution in [0.25, 0.3) is 22.4 Å². The van der Waals surface area contributed by atoms with Crippen LogP contribution in [0.2, 0.25) is 5.02 Å². The van der Waals surface area contributed by atoms with Crippen LogP contribution in [0.15, 0.2) is 47.0 Å². The van der Waals surface area contributed by atoms with Crippen LogP contribution in [0.3, 0.4) is 0 Å². The van der Waals surface area contributed by atoms with E-state index >= 15 is 0 Å². The highest BCUT2D eigenvalue weighted by molar-refractivity contribution is 6.31. The van der Waals surface area contributed by atoms with Crippen LogP contribution in [0.4, 0.5) is 5.69 Å². The zero-order valence-corrected chi connectivity index (χ0v) is 9.61. The molecule has 0 spiro atoms. The van der Waals surface area contributed by atoms with Crippen molar-refractivity contribution in [2.75, 3.05) is 5.73 Å². The fourth-order valence-corrected chi connectivity index (χ4v) is 1.84. The molecule has 2 heterocycles. The van der Waals surface area contributed by atoms with Gasteiger partial charge in [0.2, 0.25) is 0 Å². The Morgan fingerprint density at radius 3 is 2.76 bits per heavy atom. The number of rotatable bonds is 1. The minimum atomic E-state index is 0.632. The Hall–Kier alpha value is -2.00. The molecule has 0 bridgehead atoms. The second-order valence-electron chi connectivity index (χ2n) is 3.77. The minimum Gasteiger partial charge on any atom is -0.454 e. The van der Waals surface area contributed by atoms with Crippen molar-refractivity contribution in [2.45, 2.75) is 0 Å². The highest BCUT2D eigenvalue weighted by Gasteiger charge is 2.07. The fourth-order valence-electron chi connectivity index (χ4n) is 1.68. The van der Waals surface area contributed by atoms with Crippen molar-refractivity contribution in [3.05, 3.63) is 47.6 Å². The summed E-state index contributed by atoms with van der Waals surface area (Å²) >= 11 is 5.90. The Bertz CT molecular complexity index is 673. The summed E-state index contributed by atoms with van der Waals surface area (Å²) in [7, 11) is 0. The molecule has 4 heteroatoms. The van der Waals surface area contributed by atoms with E-state index in [1.54, 1.807) is 18.3 Å². The number of aromatic nitrogens is 1. The Morgan fingerprint density at radius 2 is 2.00 bits per heavy atom. The average Bonchev–Trinajstić information content (AvgIpc) is 2.72. The first-order valence-corrected chi connectivity index (χ1v) is 5.51. The van der Waals surface area contributed by atoms with Crippen molar-refractivity contribution >= 4 is 28.3 Å². The number of fused-ring (bicyclic) bond motifs is 1.